The van der Waals surface area contributed by atoms with Crippen LogP contribution in [-0.2, 0) is 12.8 Å². The number of fused-ring (bicyclic) bond motifs is 1. The number of hydrogen-bond donors (Lipinski definition) is 2. The van der Waals surface area contributed by atoms with Crippen molar-refractivity contribution < 1.29 is 5.11 Å². The predicted octanol–water partition coefficient (Wildman–Crippen LogP) is 1.80. The molecule has 1 fully saturated rings. The van der Waals surface area contributed by atoms with E-state index in [-0.39, 0.29) is 6.10 Å². The molecule has 3 N–H and O–H groups in total. The van der Waals surface area contributed by atoms with Crippen LogP contribution >= 0.6 is 12.2 Å². The zero-order chi connectivity index (χ0) is 15.0. The van der Waals surface area contributed by atoms with Crippen LogP contribution in [0.3, 0.4) is 0 Å². The summed E-state index contributed by atoms with van der Waals surface area (Å²) in [7, 11) is 0. The van der Waals surface area contributed by atoms with Gasteiger partial charge < -0.3 is 15.7 Å². The van der Waals surface area contributed by atoms with Crippen molar-refractivity contribution in [2.24, 2.45) is 11.7 Å². The van der Waals surface area contributed by atoms with E-state index in [4.69, 9.17) is 22.9 Å². The summed E-state index contributed by atoms with van der Waals surface area (Å²) < 4.78 is 0. The van der Waals surface area contributed by atoms with E-state index in [9.17, 15) is 5.11 Å². The number of aliphatic hydroxyl groups excluding tert-OH is 1. The van der Waals surface area contributed by atoms with E-state index in [1.165, 1.54) is 24.1 Å². The normalized spacial score (nSPS) is 23.0. The van der Waals surface area contributed by atoms with E-state index in [1.807, 2.05) is 6.92 Å². The first-order valence-corrected chi connectivity index (χ1v) is 8.22. The van der Waals surface area contributed by atoms with Crippen LogP contribution in [0, 0.1) is 5.92 Å². The molecule has 1 aliphatic heterocycles. The molecular weight excluding hydrogens is 282 g/mol. The van der Waals surface area contributed by atoms with Crippen LogP contribution in [0.15, 0.2) is 6.07 Å². The molecule has 1 aromatic heterocycles. The van der Waals surface area contributed by atoms with Crippen LogP contribution in [-0.4, -0.2) is 34.3 Å². The molecule has 3 rings (SSSR count). The van der Waals surface area contributed by atoms with Gasteiger partial charge in [-0.1, -0.05) is 12.2 Å². The Morgan fingerprint density at radius 2 is 2.24 bits per heavy atom. The van der Waals surface area contributed by atoms with Gasteiger partial charge in [0.1, 0.15) is 10.8 Å². The second-order valence-electron chi connectivity index (χ2n) is 6.27. The van der Waals surface area contributed by atoms with Gasteiger partial charge in [0.05, 0.1) is 11.7 Å². The van der Waals surface area contributed by atoms with Gasteiger partial charge in [0.15, 0.2) is 0 Å². The second-order valence-corrected chi connectivity index (χ2v) is 6.71. The molecule has 2 aliphatic rings. The number of rotatable bonds is 3. The van der Waals surface area contributed by atoms with Crippen molar-refractivity contribution in [2.45, 2.75) is 45.1 Å². The van der Waals surface area contributed by atoms with Gasteiger partial charge in [0, 0.05) is 24.7 Å². The van der Waals surface area contributed by atoms with Crippen molar-refractivity contribution >= 4 is 23.0 Å². The summed E-state index contributed by atoms with van der Waals surface area (Å²) in [6, 6.07) is 2.15. The van der Waals surface area contributed by atoms with Crippen molar-refractivity contribution in [2.75, 3.05) is 18.0 Å². The Morgan fingerprint density at radius 1 is 1.48 bits per heavy atom. The number of thiocarbonyl (C=S) groups is 1. The first-order chi connectivity index (χ1) is 10.1. The number of hydrogen-bond acceptors (Lipinski definition) is 4. The third-order valence-electron chi connectivity index (χ3n) is 4.75. The monoisotopic (exact) mass is 305 g/mol. The van der Waals surface area contributed by atoms with Gasteiger partial charge in [0.2, 0.25) is 0 Å². The minimum Gasteiger partial charge on any atom is -0.393 e. The molecule has 114 valence electrons. The van der Waals surface area contributed by atoms with Gasteiger partial charge in [-0.25, -0.2) is 4.98 Å². The maximum absolute atomic E-state index is 9.79. The van der Waals surface area contributed by atoms with E-state index in [2.05, 4.69) is 11.0 Å². The minimum absolute atomic E-state index is 0.277. The number of pyridine rings is 1. The van der Waals surface area contributed by atoms with Crippen LogP contribution in [0.2, 0.25) is 0 Å². The summed E-state index contributed by atoms with van der Waals surface area (Å²) in [6.45, 7) is 3.61. The van der Waals surface area contributed by atoms with Crippen molar-refractivity contribution in [3.8, 4) is 0 Å². The molecule has 0 amide bonds. The third kappa shape index (κ3) is 2.90. The SMILES string of the molecule is CC(O)C1CCN(c2nc3c(cc2C(N)=S)CCCC3)C1. The maximum Gasteiger partial charge on any atom is 0.139 e. The van der Waals surface area contributed by atoms with E-state index < -0.39 is 0 Å². The first kappa shape index (κ1) is 14.7. The lowest BCUT2D eigenvalue weighted by atomic mass is 9.94. The molecular formula is C16H23N3OS. The molecule has 2 heterocycles. The molecule has 0 bridgehead atoms. The Kier molecular flexibility index (Phi) is 4.13. The highest BCUT2D eigenvalue weighted by atomic mass is 32.1. The Morgan fingerprint density at radius 3 is 2.90 bits per heavy atom. The molecule has 1 aliphatic carbocycles. The van der Waals surface area contributed by atoms with Crippen LogP contribution in [0.5, 0.6) is 0 Å². The Labute approximate surface area is 131 Å². The zero-order valence-corrected chi connectivity index (χ0v) is 13.3. The fourth-order valence-corrected chi connectivity index (χ4v) is 3.57. The lowest BCUT2D eigenvalue weighted by Gasteiger charge is -2.25. The molecule has 2 atom stereocenters. The van der Waals surface area contributed by atoms with E-state index in [0.717, 1.165) is 43.7 Å². The van der Waals surface area contributed by atoms with Gasteiger partial charge in [-0.2, -0.15) is 0 Å². The second kappa shape index (κ2) is 5.89. The summed E-state index contributed by atoms with van der Waals surface area (Å²) in [5.41, 5.74) is 9.34. The minimum atomic E-state index is -0.277. The number of nitrogens with two attached hydrogens (primary N) is 1. The molecule has 4 nitrogen and oxygen atoms in total. The Hall–Kier alpha value is -1.20. The van der Waals surface area contributed by atoms with Crippen LogP contribution in [0.25, 0.3) is 0 Å². The summed E-state index contributed by atoms with van der Waals surface area (Å²) in [5.74, 6) is 1.23. The highest BCUT2D eigenvalue weighted by Gasteiger charge is 2.29. The fraction of sp³-hybridized carbons (Fsp3) is 0.625. The molecule has 0 saturated carbocycles. The smallest absolute Gasteiger partial charge is 0.139 e. The number of aromatic nitrogens is 1. The summed E-state index contributed by atoms with van der Waals surface area (Å²) >= 11 is 5.23. The Bertz CT molecular complexity index is 559. The molecule has 0 radical (unpaired) electrons. The number of aliphatic hydroxyl groups is 1. The van der Waals surface area contributed by atoms with Gasteiger partial charge in [0.25, 0.3) is 0 Å². The van der Waals surface area contributed by atoms with Gasteiger partial charge in [-0.15, -0.1) is 0 Å². The Balaban J connectivity index is 1.95. The fourth-order valence-electron chi connectivity index (χ4n) is 3.42. The van der Waals surface area contributed by atoms with Crippen LogP contribution < -0.4 is 10.6 Å². The van der Waals surface area contributed by atoms with Crippen LogP contribution in [0.4, 0.5) is 5.82 Å². The van der Waals surface area contributed by atoms with Crippen molar-refractivity contribution in [1.82, 2.24) is 4.98 Å². The number of nitrogens with zero attached hydrogens (tertiary/aromatic N) is 2. The average molecular weight is 305 g/mol. The highest BCUT2D eigenvalue weighted by molar-refractivity contribution is 7.80. The van der Waals surface area contributed by atoms with E-state index >= 15 is 0 Å². The average Bonchev–Trinajstić information content (AvgIpc) is 2.95. The molecule has 21 heavy (non-hydrogen) atoms. The standard InChI is InChI=1S/C16H23N3OS/c1-10(20)12-6-7-19(9-12)16-13(15(17)21)8-11-4-2-3-5-14(11)18-16/h8,10,12,20H,2-7,9H2,1H3,(H2,17,21). The summed E-state index contributed by atoms with van der Waals surface area (Å²) in [6.07, 6.45) is 5.27. The van der Waals surface area contributed by atoms with Gasteiger partial charge >= 0.3 is 0 Å². The maximum atomic E-state index is 9.79. The lowest BCUT2D eigenvalue weighted by Crippen LogP contribution is -2.28. The first-order valence-electron chi connectivity index (χ1n) is 7.82. The van der Waals surface area contributed by atoms with Crippen molar-refractivity contribution in [1.29, 1.82) is 0 Å². The van der Waals surface area contributed by atoms with Crippen molar-refractivity contribution in [3.63, 3.8) is 0 Å². The molecule has 1 saturated heterocycles. The molecule has 5 heteroatoms. The van der Waals surface area contributed by atoms with Crippen LogP contribution in [0.1, 0.15) is 43.0 Å². The lowest BCUT2D eigenvalue weighted by molar-refractivity contribution is 0.136. The topological polar surface area (TPSA) is 62.4 Å². The molecule has 1 aromatic rings. The van der Waals surface area contributed by atoms with Crippen molar-refractivity contribution in [3.05, 3.63) is 22.9 Å². The van der Waals surface area contributed by atoms with Gasteiger partial charge in [-0.05, 0) is 50.7 Å². The summed E-state index contributed by atoms with van der Waals surface area (Å²) in [5, 5.41) is 9.79. The molecule has 0 aromatic carbocycles. The van der Waals surface area contributed by atoms with E-state index in [0.29, 0.717) is 10.9 Å². The largest absolute Gasteiger partial charge is 0.393 e. The predicted molar refractivity (Wildman–Crippen MR) is 88.8 cm³/mol. The van der Waals surface area contributed by atoms with E-state index in [1.54, 1.807) is 0 Å². The molecule has 0 spiro atoms. The molecule has 2 unspecified atom stereocenters. The summed E-state index contributed by atoms with van der Waals surface area (Å²) in [4.78, 5) is 7.55. The van der Waals surface area contributed by atoms with Gasteiger partial charge in [-0.3, -0.25) is 0 Å². The third-order valence-corrected chi connectivity index (χ3v) is 4.97. The zero-order valence-electron chi connectivity index (χ0n) is 12.5. The number of aryl methyl sites for hydroxylation is 2. The highest BCUT2D eigenvalue weighted by Crippen LogP contribution is 2.31. The quantitative estimate of drug-likeness (QED) is 0.834. The number of anilines is 1.